The van der Waals surface area contributed by atoms with Crippen LogP contribution < -0.4 is 15.5 Å². The molecular weight excluding hydrogens is 554 g/mol. The van der Waals surface area contributed by atoms with Crippen molar-refractivity contribution in [3.05, 3.63) is 89.0 Å². The summed E-state index contributed by atoms with van der Waals surface area (Å²) in [4.78, 5) is 18.8. The number of rotatable bonds is 20. The van der Waals surface area contributed by atoms with Gasteiger partial charge in [0.1, 0.15) is 0 Å². The molecule has 1 aliphatic heterocycles. The van der Waals surface area contributed by atoms with E-state index in [9.17, 15) is 4.79 Å². The molecule has 1 heterocycles. The molecule has 0 saturated carbocycles. The number of unbranched alkanes of at least 4 members (excludes halogenated alkanes) is 8. The van der Waals surface area contributed by atoms with Crippen molar-refractivity contribution in [3.8, 4) is 0 Å². The van der Waals surface area contributed by atoms with Gasteiger partial charge >= 0.3 is 5.97 Å². The highest BCUT2D eigenvalue weighted by molar-refractivity contribution is 5.97. The Balaban J connectivity index is 1.73. The Hall–Kier alpha value is -3.47. The molecule has 1 unspecified atom stereocenters. The van der Waals surface area contributed by atoms with Crippen LogP contribution in [0.4, 0.5) is 17.1 Å². The van der Waals surface area contributed by atoms with E-state index < -0.39 is 5.60 Å². The molecule has 0 spiro atoms. The van der Waals surface area contributed by atoms with Gasteiger partial charge in [-0.2, -0.15) is 0 Å². The summed E-state index contributed by atoms with van der Waals surface area (Å²) in [5.74, 6) is -0.268. The number of carbonyl (C=O) groups is 1. The van der Waals surface area contributed by atoms with Gasteiger partial charge in [-0.1, -0.05) is 109 Å². The molecule has 3 aromatic rings. The highest BCUT2D eigenvalue weighted by Gasteiger charge is 2.48. The summed E-state index contributed by atoms with van der Waals surface area (Å²) in [7, 11) is 0. The van der Waals surface area contributed by atoms with Gasteiger partial charge in [0.15, 0.2) is 5.60 Å². The number of ether oxygens (including phenoxy) is 1. The second kappa shape index (κ2) is 17.3. The lowest BCUT2D eigenvalue weighted by Gasteiger charge is -2.32. The summed E-state index contributed by atoms with van der Waals surface area (Å²) >= 11 is 0. The summed E-state index contributed by atoms with van der Waals surface area (Å²) in [6.07, 6.45) is 14.4. The molecular formula is C40H57N3O2. The number of nitrogen functional groups attached to an aromatic ring is 1. The molecule has 1 atom stereocenters. The van der Waals surface area contributed by atoms with Gasteiger partial charge in [0.2, 0.25) is 0 Å². The number of hydrogen-bond acceptors (Lipinski definition) is 5. The van der Waals surface area contributed by atoms with Gasteiger partial charge in [0.05, 0.1) is 5.56 Å². The number of hydrogen-bond donors (Lipinski definition) is 1. The van der Waals surface area contributed by atoms with E-state index in [1.165, 1.54) is 69.9 Å². The average molecular weight is 612 g/mol. The van der Waals surface area contributed by atoms with Crippen molar-refractivity contribution in [2.24, 2.45) is 0 Å². The van der Waals surface area contributed by atoms with Crippen LogP contribution in [0.1, 0.15) is 132 Å². The largest absolute Gasteiger partial charge is 0.441 e. The molecule has 3 aromatic carbocycles. The second-order valence-electron chi connectivity index (χ2n) is 12.8. The summed E-state index contributed by atoms with van der Waals surface area (Å²) < 4.78 is 6.51. The number of cyclic esters (lactones) is 1. The van der Waals surface area contributed by atoms with Crippen LogP contribution in [-0.4, -0.2) is 32.1 Å². The fourth-order valence-corrected chi connectivity index (χ4v) is 6.62. The van der Waals surface area contributed by atoms with Gasteiger partial charge < -0.3 is 20.3 Å². The Morgan fingerprint density at radius 2 is 1.00 bits per heavy atom. The third kappa shape index (κ3) is 8.42. The molecule has 45 heavy (non-hydrogen) atoms. The molecule has 5 heteroatoms. The molecule has 0 saturated heterocycles. The Morgan fingerprint density at radius 3 is 1.47 bits per heavy atom. The van der Waals surface area contributed by atoms with Crippen LogP contribution in [-0.2, 0) is 10.3 Å². The third-order valence-corrected chi connectivity index (χ3v) is 9.30. The molecule has 244 valence electrons. The number of benzene rings is 3. The zero-order chi connectivity index (χ0) is 32.1. The summed E-state index contributed by atoms with van der Waals surface area (Å²) in [5, 5.41) is 0. The molecule has 0 aliphatic carbocycles. The van der Waals surface area contributed by atoms with Crippen LogP contribution >= 0.6 is 0 Å². The van der Waals surface area contributed by atoms with Gasteiger partial charge in [0.25, 0.3) is 0 Å². The minimum atomic E-state index is -1.03. The summed E-state index contributed by atoms with van der Waals surface area (Å²) in [5.41, 5.74) is 11.5. The normalized spacial score (nSPS) is 15.6. The van der Waals surface area contributed by atoms with Crippen LogP contribution in [0, 0.1) is 0 Å². The maximum absolute atomic E-state index is 13.8. The quantitative estimate of drug-likeness (QED) is 0.0783. The lowest BCUT2D eigenvalue weighted by Crippen LogP contribution is -2.30. The van der Waals surface area contributed by atoms with E-state index in [1.807, 2.05) is 24.3 Å². The van der Waals surface area contributed by atoms with E-state index in [0.717, 1.165) is 61.4 Å². The van der Waals surface area contributed by atoms with Crippen molar-refractivity contribution < 1.29 is 9.53 Å². The highest BCUT2D eigenvalue weighted by Crippen LogP contribution is 2.48. The number of fused-ring (bicyclic) bond motifs is 1. The van der Waals surface area contributed by atoms with Crippen LogP contribution in [0.5, 0.6) is 0 Å². The van der Waals surface area contributed by atoms with Gasteiger partial charge in [0, 0.05) is 59.9 Å². The van der Waals surface area contributed by atoms with E-state index in [-0.39, 0.29) is 5.97 Å². The maximum Gasteiger partial charge on any atom is 0.340 e. The first-order valence-electron chi connectivity index (χ1n) is 17.8. The number of nitrogens with zero attached hydrogens (tertiary/aromatic N) is 2. The fraction of sp³-hybridized carbons (Fsp3) is 0.525. The van der Waals surface area contributed by atoms with Crippen molar-refractivity contribution in [2.45, 2.75) is 110 Å². The molecule has 0 aromatic heterocycles. The van der Waals surface area contributed by atoms with E-state index >= 15 is 0 Å². The van der Waals surface area contributed by atoms with Crippen molar-refractivity contribution in [3.63, 3.8) is 0 Å². The number of esters is 1. The standard InChI is InChI=1S/C40H57N3O2/c1-5-9-13-27-42(28-14-10-6-2)35-23-19-33(20-24-35)40(32-17-21-34(41)22-18-32)38-26-25-36(31-37(38)39(44)45-40)43(29-15-11-7-3)30-16-12-8-4/h17-26,31H,5-16,27-30,41H2,1-4H3. The molecule has 2 N–H and O–H groups in total. The fourth-order valence-electron chi connectivity index (χ4n) is 6.62. The second-order valence-corrected chi connectivity index (χ2v) is 12.8. The Labute approximate surface area is 273 Å². The minimum absolute atomic E-state index is 0.268. The zero-order valence-corrected chi connectivity index (χ0v) is 28.5. The first-order valence-corrected chi connectivity index (χ1v) is 17.8. The molecule has 5 nitrogen and oxygen atoms in total. The maximum atomic E-state index is 13.8. The Bertz CT molecular complexity index is 1300. The van der Waals surface area contributed by atoms with Crippen LogP contribution in [0.3, 0.4) is 0 Å². The molecule has 0 fully saturated rings. The van der Waals surface area contributed by atoms with Gasteiger partial charge in [-0.15, -0.1) is 0 Å². The van der Waals surface area contributed by atoms with Crippen molar-refractivity contribution in [1.82, 2.24) is 0 Å². The van der Waals surface area contributed by atoms with Gasteiger partial charge in [-0.25, -0.2) is 4.79 Å². The van der Waals surface area contributed by atoms with Crippen molar-refractivity contribution in [2.75, 3.05) is 41.7 Å². The minimum Gasteiger partial charge on any atom is -0.441 e. The molecule has 1 aliphatic rings. The van der Waals surface area contributed by atoms with Gasteiger partial charge in [-0.05, 0) is 62.1 Å². The van der Waals surface area contributed by atoms with E-state index in [0.29, 0.717) is 11.3 Å². The zero-order valence-electron chi connectivity index (χ0n) is 28.5. The van der Waals surface area contributed by atoms with Crippen molar-refractivity contribution in [1.29, 1.82) is 0 Å². The molecule has 0 radical (unpaired) electrons. The number of nitrogens with two attached hydrogens (primary N) is 1. The smallest absolute Gasteiger partial charge is 0.340 e. The highest BCUT2D eigenvalue weighted by atomic mass is 16.6. The lowest BCUT2D eigenvalue weighted by atomic mass is 9.79. The average Bonchev–Trinajstić information content (AvgIpc) is 3.36. The van der Waals surface area contributed by atoms with Crippen LogP contribution in [0.2, 0.25) is 0 Å². The topological polar surface area (TPSA) is 58.8 Å². The Kier molecular flexibility index (Phi) is 13.2. The number of anilines is 3. The van der Waals surface area contributed by atoms with E-state index in [4.69, 9.17) is 10.5 Å². The summed E-state index contributed by atoms with van der Waals surface area (Å²) in [6.45, 7) is 13.1. The monoisotopic (exact) mass is 611 g/mol. The van der Waals surface area contributed by atoms with E-state index in [1.54, 1.807) is 0 Å². The van der Waals surface area contributed by atoms with Gasteiger partial charge in [-0.3, -0.25) is 0 Å². The SMILES string of the molecule is CCCCCN(CCCCC)c1ccc(C2(c3ccc(N)cc3)OC(=O)c3cc(N(CCCCC)CCCCC)ccc32)cc1. The van der Waals surface area contributed by atoms with Crippen LogP contribution in [0.15, 0.2) is 66.7 Å². The van der Waals surface area contributed by atoms with E-state index in [2.05, 4.69) is 80.0 Å². The van der Waals surface area contributed by atoms with Crippen molar-refractivity contribution >= 4 is 23.0 Å². The van der Waals surface area contributed by atoms with Crippen LogP contribution in [0.25, 0.3) is 0 Å². The number of carbonyl (C=O) groups excluding carboxylic acids is 1. The molecule has 0 amide bonds. The third-order valence-electron chi connectivity index (χ3n) is 9.30. The lowest BCUT2D eigenvalue weighted by molar-refractivity contribution is 0.0251. The predicted molar refractivity (Wildman–Crippen MR) is 192 cm³/mol. The Morgan fingerprint density at radius 1 is 0.578 bits per heavy atom. The first kappa shape index (κ1) is 34.4. The molecule has 0 bridgehead atoms. The summed E-state index contributed by atoms with van der Waals surface area (Å²) in [6, 6.07) is 23.0. The predicted octanol–water partition coefficient (Wildman–Crippen LogP) is 10.1. The molecule has 4 rings (SSSR count). The first-order chi connectivity index (χ1) is 22.0.